The van der Waals surface area contributed by atoms with E-state index in [0.717, 1.165) is 24.3 Å². The third kappa shape index (κ3) is 5.86. The van der Waals surface area contributed by atoms with Crippen LogP contribution in [0.4, 0.5) is 0 Å². The Balaban J connectivity index is 1.91. The molecule has 0 spiro atoms. The Labute approximate surface area is 147 Å². The first kappa shape index (κ1) is 18.9. The third-order valence-corrected chi connectivity index (χ3v) is 6.31. The van der Waals surface area contributed by atoms with Crippen molar-refractivity contribution < 1.29 is 0 Å². The summed E-state index contributed by atoms with van der Waals surface area (Å²) in [5.41, 5.74) is 0. The van der Waals surface area contributed by atoms with E-state index in [9.17, 15) is 0 Å². The number of hydrogen-bond acceptors (Lipinski definition) is 3. The largest absolute Gasteiger partial charge is 0.357 e. The average molecular weight is 341 g/mol. The molecule has 0 aromatic heterocycles. The lowest BCUT2D eigenvalue weighted by molar-refractivity contribution is 0.197. The average Bonchev–Trinajstić information content (AvgIpc) is 3.18. The van der Waals surface area contributed by atoms with E-state index in [2.05, 4.69) is 42.6 Å². The molecule has 1 heterocycles. The SMILES string of the molecule is CCNC(=NCC(C(C)C)N1CCCC1)NC1CCC(SC)C1. The fourth-order valence-corrected chi connectivity index (χ4v) is 4.60. The van der Waals surface area contributed by atoms with Crippen LogP contribution in [0.3, 0.4) is 0 Å². The zero-order valence-corrected chi connectivity index (χ0v) is 16.3. The lowest BCUT2D eigenvalue weighted by atomic mass is 10.0. The minimum absolute atomic E-state index is 0.579. The van der Waals surface area contributed by atoms with Crippen LogP contribution in [0.15, 0.2) is 4.99 Å². The first-order valence-corrected chi connectivity index (χ1v) is 10.7. The van der Waals surface area contributed by atoms with Gasteiger partial charge in [0.25, 0.3) is 0 Å². The van der Waals surface area contributed by atoms with Gasteiger partial charge in [0.05, 0.1) is 6.54 Å². The van der Waals surface area contributed by atoms with Crippen LogP contribution in [0.25, 0.3) is 0 Å². The highest BCUT2D eigenvalue weighted by molar-refractivity contribution is 7.99. The van der Waals surface area contributed by atoms with Gasteiger partial charge in [-0.2, -0.15) is 11.8 Å². The van der Waals surface area contributed by atoms with E-state index in [-0.39, 0.29) is 0 Å². The summed E-state index contributed by atoms with van der Waals surface area (Å²) in [6.45, 7) is 11.2. The second kappa shape index (κ2) is 9.77. The van der Waals surface area contributed by atoms with Crippen molar-refractivity contribution in [2.75, 3.05) is 32.4 Å². The Hall–Kier alpha value is -0.420. The lowest BCUT2D eigenvalue weighted by Crippen LogP contribution is -2.44. The number of aliphatic imine (C=N–C) groups is 1. The summed E-state index contributed by atoms with van der Waals surface area (Å²) in [5, 5.41) is 7.94. The van der Waals surface area contributed by atoms with Crippen LogP contribution in [-0.4, -0.2) is 60.6 Å². The van der Waals surface area contributed by atoms with Gasteiger partial charge in [0.2, 0.25) is 0 Å². The second-order valence-corrected chi connectivity index (χ2v) is 8.42. The Bertz CT molecular complexity index is 366. The first-order chi connectivity index (χ1) is 11.1. The summed E-state index contributed by atoms with van der Waals surface area (Å²) in [4.78, 5) is 7.58. The molecule has 0 bridgehead atoms. The molecule has 2 N–H and O–H groups in total. The van der Waals surface area contributed by atoms with Crippen LogP contribution in [0.2, 0.25) is 0 Å². The predicted octanol–water partition coefficient (Wildman–Crippen LogP) is 2.95. The molecule has 0 radical (unpaired) electrons. The zero-order valence-electron chi connectivity index (χ0n) is 15.5. The molecular formula is C18H36N4S. The monoisotopic (exact) mass is 340 g/mol. The summed E-state index contributed by atoms with van der Waals surface area (Å²) in [5.74, 6) is 1.68. The van der Waals surface area contributed by atoms with E-state index >= 15 is 0 Å². The van der Waals surface area contributed by atoms with Gasteiger partial charge in [-0.3, -0.25) is 9.89 Å². The molecule has 1 saturated carbocycles. The van der Waals surface area contributed by atoms with Crippen molar-refractivity contribution in [3.63, 3.8) is 0 Å². The quantitative estimate of drug-likeness (QED) is 0.552. The summed E-state index contributed by atoms with van der Waals surface area (Å²) >= 11 is 2.01. The summed E-state index contributed by atoms with van der Waals surface area (Å²) in [7, 11) is 0. The maximum absolute atomic E-state index is 4.94. The van der Waals surface area contributed by atoms with E-state index in [1.807, 2.05) is 11.8 Å². The van der Waals surface area contributed by atoms with Gasteiger partial charge < -0.3 is 10.6 Å². The fraction of sp³-hybridized carbons (Fsp3) is 0.944. The number of likely N-dealkylation sites (tertiary alicyclic amines) is 1. The fourth-order valence-electron chi connectivity index (χ4n) is 3.80. The molecule has 1 saturated heterocycles. The van der Waals surface area contributed by atoms with Crippen molar-refractivity contribution >= 4 is 17.7 Å². The van der Waals surface area contributed by atoms with Crippen LogP contribution in [0, 0.1) is 5.92 Å². The molecule has 4 nitrogen and oxygen atoms in total. The van der Waals surface area contributed by atoms with Crippen molar-refractivity contribution in [3.8, 4) is 0 Å². The van der Waals surface area contributed by atoms with E-state index < -0.39 is 0 Å². The Kier molecular flexibility index (Phi) is 8.04. The molecule has 2 rings (SSSR count). The number of rotatable bonds is 7. The molecule has 1 aliphatic heterocycles. The van der Waals surface area contributed by atoms with Gasteiger partial charge in [-0.05, 0) is 64.3 Å². The highest BCUT2D eigenvalue weighted by atomic mass is 32.2. The summed E-state index contributed by atoms with van der Waals surface area (Å²) in [6, 6.07) is 1.17. The molecule has 2 aliphatic rings. The van der Waals surface area contributed by atoms with Crippen LogP contribution in [0.5, 0.6) is 0 Å². The van der Waals surface area contributed by atoms with Crippen LogP contribution in [0.1, 0.15) is 52.9 Å². The van der Waals surface area contributed by atoms with E-state index in [0.29, 0.717) is 18.0 Å². The molecular weight excluding hydrogens is 304 g/mol. The summed E-state index contributed by atoms with van der Waals surface area (Å²) in [6.07, 6.45) is 8.81. The number of nitrogens with zero attached hydrogens (tertiary/aromatic N) is 2. The minimum Gasteiger partial charge on any atom is -0.357 e. The Morgan fingerprint density at radius 2 is 2.00 bits per heavy atom. The number of guanidine groups is 1. The predicted molar refractivity (Wildman–Crippen MR) is 103 cm³/mol. The molecule has 23 heavy (non-hydrogen) atoms. The smallest absolute Gasteiger partial charge is 0.191 e. The van der Waals surface area contributed by atoms with Crippen molar-refractivity contribution in [2.24, 2.45) is 10.9 Å². The molecule has 3 unspecified atom stereocenters. The van der Waals surface area contributed by atoms with Gasteiger partial charge in [0.1, 0.15) is 0 Å². The summed E-state index contributed by atoms with van der Waals surface area (Å²) < 4.78 is 0. The normalized spacial score (nSPS) is 27.6. The van der Waals surface area contributed by atoms with Crippen LogP contribution < -0.4 is 10.6 Å². The molecule has 0 aromatic carbocycles. The lowest BCUT2D eigenvalue weighted by Gasteiger charge is -2.30. The molecule has 134 valence electrons. The van der Waals surface area contributed by atoms with Crippen LogP contribution in [-0.2, 0) is 0 Å². The zero-order chi connectivity index (χ0) is 16.7. The van der Waals surface area contributed by atoms with Crippen molar-refractivity contribution in [1.82, 2.24) is 15.5 Å². The highest BCUT2D eigenvalue weighted by Crippen LogP contribution is 2.28. The number of thioether (sulfide) groups is 1. The molecule has 3 atom stereocenters. The number of hydrogen-bond donors (Lipinski definition) is 2. The Morgan fingerprint density at radius 3 is 2.57 bits per heavy atom. The van der Waals surface area contributed by atoms with E-state index in [1.165, 1.54) is 45.2 Å². The molecule has 1 aliphatic carbocycles. The standard InChI is InChI=1S/C18H36N4S/c1-5-19-18(21-15-8-9-16(12-15)23-4)20-13-17(14(2)3)22-10-6-7-11-22/h14-17H,5-13H2,1-4H3,(H2,19,20,21). The molecule has 0 aromatic rings. The minimum atomic E-state index is 0.579. The first-order valence-electron chi connectivity index (χ1n) is 9.45. The highest BCUT2D eigenvalue weighted by Gasteiger charge is 2.26. The number of nitrogens with one attached hydrogen (secondary N) is 2. The Morgan fingerprint density at radius 1 is 1.26 bits per heavy atom. The van der Waals surface area contributed by atoms with Crippen molar-refractivity contribution in [3.05, 3.63) is 0 Å². The van der Waals surface area contributed by atoms with Crippen LogP contribution >= 0.6 is 11.8 Å². The van der Waals surface area contributed by atoms with Crippen molar-refractivity contribution in [1.29, 1.82) is 0 Å². The van der Waals surface area contributed by atoms with Crippen molar-refractivity contribution in [2.45, 2.75) is 70.2 Å². The van der Waals surface area contributed by atoms with E-state index in [4.69, 9.17) is 4.99 Å². The molecule has 0 amide bonds. The third-order valence-electron chi connectivity index (χ3n) is 5.22. The maximum atomic E-state index is 4.94. The van der Waals surface area contributed by atoms with E-state index in [1.54, 1.807) is 0 Å². The molecule has 2 fully saturated rings. The van der Waals surface area contributed by atoms with Gasteiger partial charge >= 0.3 is 0 Å². The van der Waals surface area contributed by atoms with Gasteiger partial charge in [-0.15, -0.1) is 0 Å². The molecule has 5 heteroatoms. The maximum Gasteiger partial charge on any atom is 0.191 e. The topological polar surface area (TPSA) is 39.7 Å². The second-order valence-electron chi connectivity index (χ2n) is 7.29. The van der Waals surface area contributed by atoms with Gasteiger partial charge in [0.15, 0.2) is 5.96 Å². The van der Waals surface area contributed by atoms with Gasteiger partial charge in [-0.1, -0.05) is 13.8 Å². The van der Waals surface area contributed by atoms with Gasteiger partial charge in [0, 0.05) is 23.9 Å². The van der Waals surface area contributed by atoms with Gasteiger partial charge in [-0.25, -0.2) is 0 Å².